The number of carboxylic acids is 1. The number of thioether (sulfide) groups is 1. The smallest absolute Gasteiger partial charge is 0.329 e. The van der Waals surface area contributed by atoms with Crippen molar-refractivity contribution in [2.75, 3.05) is 11.5 Å². The molecule has 120 valence electrons. The van der Waals surface area contributed by atoms with Gasteiger partial charge in [-0.3, -0.25) is 4.79 Å². The summed E-state index contributed by atoms with van der Waals surface area (Å²) in [6.45, 7) is 1.51. The van der Waals surface area contributed by atoms with E-state index in [4.69, 9.17) is 4.74 Å². The Bertz CT molecular complexity index is 560. The molecule has 2 rings (SSSR count). The second-order valence-electron chi connectivity index (χ2n) is 5.21. The van der Waals surface area contributed by atoms with Gasteiger partial charge in [0.05, 0.1) is 0 Å². The lowest BCUT2D eigenvalue weighted by Gasteiger charge is -2.34. The summed E-state index contributed by atoms with van der Waals surface area (Å²) in [5, 5.41) is 12.0. The molecular formula is C15H18FNO4S. The van der Waals surface area contributed by atoms with Gasteiger partial charge >= 0.3 is 5.97 Å². The monoisotopic (exact) mass is 327 g/mol. The topological polar surface area (TPSA) is 75.6 Å². The first kappa shape index (κ1) is 16.6. The van der Waals surface area contributed by atoms with Crippen LogP contribution in [0.1, 0.15) is 19.8 Å². The lowest BCUT2D eigenvalue weighted by molar-refractivity contribution is -0.149. The summed E-state index contributed by atoms with van der Waals surface area (Å²) in [5.74, 6) is -0.405. The number of ether oxygens (including phenoxy) is 1. The van der Waals surface area contributed by atoms with Crippen molar-refractivity contribution in [1.29, 1.82) is 0 Å². The number of carbonyl (C=O) groups excluding carboxylic acids is 1. The Labute approximate surface area is 132 Å². The van der Waals surface area contributed by atoms with E-state index in [1.165, 1.54) is 31.2 Å². The Morgan fingerprint density at radius 2 is 2.09 bits per heavy atom. The summed E-state index contributed by atoms with van der Waals surface area (Å²) in [4.78, 5) is 23.7. The summed E-state index contributed by atoms with van der Waals surface area (Å²) < 4.78 is 18.5. The fourth-order valence-electron chi connectivity index (χ4n) is 2.25. The van der Waals surface area contributed by atoms with E-state index in [1.807, 2.05) is 0 Å². The first-order valence-corrected chi connectivity index (χ1v) is 8.14. The van der Waals surface area contributed by atoms with Crippen LogP contribution in [-0.2, 0) is 9.59 Å². The van der Waals surface area contributed by atoms with Gasteiger partial charge in [-0.1, -0.05) is 6.07 Å². The molecule has 1 fully saturated rings. The highest BCUT2D eigenvalue weighted by molar-refractivity contribution is 7.99. The zero-order valence-corrected chi connectivity index (χ0v) is 13.0. The Morgan fingerprint density at radius 1 is 1.41 bits per heavy atom. The van der Waals surface area contributed by atoms with Gasteiger partial charge in [0.15, 0.2) is 6.10 Å². The lowest BCUT2D eigenvalue weighted by atomic mass is 9.92. The van der Waals surface area contributed by atoms with Crippen molar-refractivity contribution in [3.63, 3.8) is 0 Å². The summed E-state index contributed by atoms with van der Waals surface area (Å²) in [6.07, 6.45) is -0.149. The quantitative estimate of drug-likeness (QED) is 0.866. The molecule has 0 spiro atoms. The summed E-state index contributed by atoms with van der Waals surface area (Å²) in [5.41, 5.74) is -1.23. The van der Waals surface area contributed by atoms with E-state index in [2.05, 4.69) is 5.32 Å². The van der Waals surface area contributed by atoms with Crippen molar-refractivity contribution in [3.8, 4) is 5.75 Å². The van der Waals surface area contributed by atoms with E-state index in [-0.39, 0.29) is 5.75 Å². The molecule has 0 aliphatic carbocycles. The van der Waals surface area contributed by atoms with Gasteiger partial charge in [0.25, 0.3) is 5.91 Å². The van der Waals surface area contributed by atoms with E-state index in [0.29, 0.717) is 24.3 Å². The molecular weight excluding hydrogens is 309 g/mol. The van der Waals surface area contributed by atoms with Gasteiger partial charge in [0, 0.05) is 6.07 Å². The molecule has 1 aliphatic heterocycles. The molecule has 1 atom stereocenters. The summed E-state index contributed by atoms with van der Waals surface area (Å²) in [6, 6.07) is 5.47. The third-order valence-electron chi connectivity index (χ3n) is 3.60. The highest BCUT2D eigenvalue weighted by Crippen LogP contribution is 2.27. The molecule has 1 amide bonds. The number of rotatable bonds is 5. The van der Waals surface area contributed by atoms with E-state index in [1.54, 1.807) is 11.8 Å². The number of hydrogen-bond acceptors (Lipinski definition) is 4. The zero-order valence-electron chi connectivity index (χ0n) is 12.2. The molecule has 0 radical (unpaired) electrons. The second kappa shape index (κ2) is 7.00. The maximum atomic E-state index is 13.1. The van der Waals surface area contributed by atoms with Gasteiger partial charge in [-0.25, -0.2) is 9.18 Å². The van der Waals surface area contributed by atoms with Crippen LogP contribution >= 0.6 is 11.8 Å². The van der Waals surface area contributed by atoms with Crippen molar-refractivity contribution in [2.24, 2.45) is 0 Å². The van der Waals surface area contributed by atoms with Crippen LogP contribution in [-0.4, -0.2) is 40.1 Å². The number of amides is 1. The van der Waals surface area contributed by atoms with Crippen molar-refractivity contribution >= 4 is 23.6 Å². The predicted octanol–water partition coefficient (Wildman–Crippen LogP) is 2.06. The first-order chi connectivity index (χ1) is 10.4. The number of carbonyl (C=O) groups is 2. The first-order valence-electron chi connectivity index (χ1n) is 6.98. The van der Waals surface area contributed by atoms with Crippen molar-refractivity contribution in [1.82, 2.24) is 5.32 Å². The fraction of sp³-hybridized carbons (Fsp3) is 0.467. The molecule has 22 heavy (non-hydrogen) atoms. The Balaban J connectivity index is 2.02. The van der Waals surface area contributed by atoms with Gasteiger partial charge in [-0.2, -0.15) is 11.8 Å². The molecule has 2 N–H and O–H groups in total. The third-order valence-corrected chi connectivity index (χ3v) is 4.58. The maximum Gasteiger partial charge on any atom is 0.329 e. The fourth-order valence-corrected chi connectivity index (χ4v) is 3.44. The standard InChI is InChI=1S/C15H18FNO4S/c1-10(21-12-4-2-3-11(16)9-12)13(18)17-15(14(19)20)5-7-22-8-6-15/h2-4,9-10H,5-8H2,1H3,(H,17,18)(H,19,20). The highest BCUT2D eigenvalue weighted by Gasteiger charge is 2.42. The number of aliphatic carboxylic acids is 1. The van der Waals surface area contributed by atoms with Gasteiger partial charge in [0.2, 0.25) is 0 Å². The minimum Gasteiger partial charge on any atom is -0.481 e. The van der Waals surface area contributed by atoms with Crippen LogP contribution in [0, 0.1) is 5.82 Å². The molecule has 1 unspecified atom stereocenters. The van der Waals surface area contributed by atoms with Crippen molar-refractivity contribution < 1.29 is 23.8 Å². The molecule has 1 aromatic carbocycles. The average molecular weight is 327 g/mol. The van der Waals surface area contributed by atoms with Gasteiger partial charge in [0.1, 0.15) is 17.1 Å². The predicted molar refractivity (Wildman–Crippen MR) is 81.6 cm³/mol. The minimum atomic E-state index is -1.23. The Morgan fingerprint density at radius 3 is 2.68 bits per heavy atom. The van der Waals surface area contributed by atoms with Crippen LogP contribution in [0.15, 0.2) is 24.3 Å². The van der Waals surface area contributed by atoms with Crippen LogP contribution in [0.3, 0.4) is 0 Å². The van der Waals surface area contributed by atoms with Crippen molar-refractivity contribution in [3.05, 3.63) is 30.1 Å². The normalized spacial score (nSPS) is 18.3. The largest absolute Gasteiger partial charge is 0.481 e. The SMILES string of the molecule is CC(Oc1cccc(F)c1)C(=O)NC1(C(=O)O)CCSCC1. The van der Waals surface area contributed by atoms with E-state index in [9.17, 15) is 19.1 Å². The summed E-state index contributed by atoms with van der Waals surface area (Å²) in [7, 11) is 0. The molecule has 0 saturated carbocycles. The van der Waals surface area contributed by atoms with Gasteiger partial charge in [-0.15, -0.1) is 0 Å². The van der Waals surface area contributed by atoms with E-state index >= 15 is 0 Å². The highest BCUT2D eigenvalue weighted by atomic mass is 32.2. The molecule has 1 heterocycles. The lowest BCUT2D eigenvalue weighted by Crippen LogP contribution is -2.58. The molecule has 1 aliphatic rings. The molecule has 1 aromatic rings. The molecule has 7 heteroatoms. The molecule has 0 bridgehead atoms. The van der Waals surface area contributed by atoms with Crippen LogP contribution < -0.4 is 10.1 Å². The van der Waals surface area contributed by atoms with Gasteiger partial charge in [-0.05, 0) is 43.4 Å². The molecule has 1 saturated heterocycles. The Hall–Kier alpha value is -1.76. The van der Waals surface area contributed by atoms with Crippen LogP contribution in [0.4, 0.5) is 4.39 Å². The zero-order chi connectivity index (χ0) is 16.2. The number of benzene rings is 1. The minimum absolute atomic E-state index is 0.228. The summed E-state index contributed by atoms with van der Waals surface area (Å²) >= 11 is 1.67. The third kappa shape index (κ3) is 3.91. The maximum absolute atomic E-state index is 13.1. The number of hydrogen-bond donors (Lipinski definition) is 2. The van der Waals surface area contributed by atoms with E-state index in [0.717, 1.165) is 0 Å². The second-order valence-corrected chi connectivity index (χ2v) is 6.43. The molecule has 5 nitrogen and oxygen atoms in total. The average Bonchev–Trinajstić information content (AvgIpc) is 2.48. The van der Waals surface area contributed by atoms with E-state index < -0.39 is 29.3 Å². The van der Waals surface area contributed by atoms with Crippen LogP contribution in [0.5, 0.6) is 5.75 Å². The van der Waals surface area contributed by atoms with Crippen molar-refractivity contribution in [2.45, 2.75) is 31.4 Å². The number of halogens is 1. The van der Waals surface area contributed by atoms with Crippen LogP contribution in [0.25, 0.3) is 0 Å². The molecule has 0 aromatic heterocycles. The Kier molecular flexibility index (Phi) is 5.28. The van der Waals surface area contributed by atoms with Crippen LogP contribution in [0.2, 0.25) is 0 Å². The van der Waals surface area contributed by atoms with Gasteiger partial charge < -0.3 is 15.2 Å². The number of nitrogens with one attached hydrogen (secondary N) is 1. The number of carboxylic acid groups (broad SMARTS) is 1.